The smallest absolute Gasteiger partial charge is 0.341 e. The molecule has 0 fully saturated rings. The molecule has 0 saturated carbocycles. The highest BCUT2D eigenvalue weighted by atomic mass is 32.2. The Morgan fingerprint density at radius 3 is 2.59 bits per heavy atom. The number of nitrogens with zero attached hydrogens (tertiary/aromatic N) is 1. The molecule has 0 aromatic carbocycles. The summed E-state index contributed by atoms with van der Waals surface area (Å²) < 4.78 is 10.1. The molecule has 0 spiro atoms. The van der Waals surface area contributed by atoms with Crippen molar-refractivity contribution in [3.05, 3.63) is 40.4 Å². The van der Waals surface area contributed by atoms with Crippen molar-refractivity contribution in [1.29, 1.82) is 0 Å². The number of anilines is 1. The molecular weight excluding hydrogens is 388 g/mol. The summed E-state index contributed by atoms with van der Waals surface area (Å²) in [5, 5.41) is 3.53. The summed E-state index contributed by atoms with van der Waals surface area (Å²) in [6.07, 6.45) is 4.10. The molecule has 2 aromatic heterocycles. The molecule has 0 saturated heterocycles. The average molecular weight is 409 g/mol. The molecule has 0 radical (unpaired) electrons. The van der Waals surface area contributed by atoms with Gasteiger partial charge in [0.1, 0.15) is 10.0 Å². The normalized spacial score (nSPS) is 10.3. The Labute approximate surface area is 165 Å². The Kier molecular flexibility index (Phi) is 7.81. The van der Waals surface area contributed by atoms with Crippen LogP contribution in [-0.4, -0.2) is 42.3 Å². The highest BCUT2D eigenvalue weighted by molar-refractivity contribution is 7.98. The van der Waals surface area contributed by atoms with Gasteiger partial charge in [0, 0.05) is 11.1 Å². The van der Waals surface area contributed by atoms with Gasteiger partial charge in [-0.3, -0.25) is 4.79 Å². The largest absolute Gasteiger partial charge is 0.462 e. The van der Waals surface area contributed by atoms with Crippen LogP contribution in [0.3, 0.4) is 0 Å². The second kappa shape index (κ2) is 10.1. The lowest BCUT2D eigenvalue weighted by molar-refractivity contribution is -0.119. The molecule has 9 heteroatoms. The summed E-state index contributed by atoms with van der Waals surface area (Å²) in [6, 6.07) is 4.91. The maximum atomic E-state index is 12.2. The number of ether oxygens (including phenoxy) is 2. The Bertz CT molecular complexity index is 835. The van der Waals surface area contributed by atoms with Gasteiger partial charge < -0.3 is 14.8 Å². The van der Waals surface area contributed by atoms with E-state index in [2.05, 4.69) is 10.3 Å². The van der Waals surface area contributed by atoms with Gasteiger partial charge in [0.25, 0.3) is 5.91 Å². The van der Waals surface area contributed by atoms with Gasteiger partial charge in [0.2, 0.25) is 0 Å². The van der Waals surface area contributed by atoms with E-state index >= 15 is 0 Å². The number of thioether (sulfide) groups is 1. The van der Waals surface area contributed by atoms with Gasteiger partial charge >= 0.3 is 11.9 Å². The number of hydrogen-bond donors (Lipinski definition) is 1. The first-order valence-corrected chi connectivity index (χ1v) is 10.3. The van der Waals surface area contributed by atoms with Crippen LogP contribution in [0.1, 0.15) is 39.4 Å². The van der Waals surface area contributed by atoms with E-state index in [4.69, 9.17) is 9.47 Å². The molecule has 2 heterocycles. The van der Waals surface area contributed by atoms with Crippen LogP contribution < -0.4 is 5.32 Å². The highest BCUT2D eigenvalue weighted by Crippen LogP contribution is 2.29. The Balaban J connectivity index is 2.02. The first kappa shape index (κ1) is 20.9. The molecule has 7 nitrogen and oxygen atoms in total. The van der Waals surface area contributed by atoms with E-state index in [1.165, 1.54) is 23.1 Å². The van der Waals surface area contributed by atoms with E-state index in [-0.39, 0.29) is 6.61 Å². The number of hydrogen-bond acceptors (Lipinski definition) is 8. The summed E-state index contributed by atoms with van der Waals surface area (Å²) in [7, 11) is 0. The minimum Gasteiger partial charge on any atom is -0.462 e. The lowest BCUT2D eigenvalue weighted by Crippen LogP contribution is -2.22. The third-order valence-corrected chi connectivity index (χ3v) is 5.31. The fraction of sp³-hybridized carbons (Fsp3) is 0.333. The fourth-order valence-electron chi connectivity index (χ4n) is 2.15. The first-order chi connectivity index (χ1) is 13.0. The molecule has 0 atom stereocenters. The SMILES string of the molecule is CCOC(=O)c1cc(CC)sc1NC(=O)COC(=O)c1cccnc1SC. The van der Waals surface area contributed by atoms with E-state index < -0.39 is 24.5 Å². The number of pyridine rings is 1. The number of esters is 2. The quantitative estimate of drug-likeness (QED) is 0.528. The van der Waals surface area contributed by atoms with Crippen molar-refractivity contribution in [2.45, 2.75) is 25.3 Å². The average Bonchev–Trinajstić information content (AvgIpc) is 3.09. The predicted octanol–water partition coefficient (Wildman–Crippen LogP) is 3.40. The van der Waals surface area contributed by atoms with Gasteiger partial charge in [-0.15, -0.1) is 23.1 Å². The van der Waals surface area contributed by atoms with Gasteiger partial charge in [-0.2, -0.15) is 0 Å². The maximum Gasteiger partial charge on any atom is 0.341 e. The molecule has 2 rings (SSSR count). The molecule has 0 aliphatic carbocycles. The standard InChI is InChI=1S/C18H20N2O5S2/c1-4-11-9-13(18(23)24-5-2)16(27-11)20-14(21)10-25-17(22)12-7-6-8-19-15(12)26-3/h6-9H,4-5,10H2,1-3H3,(H,20,21). The van der Waals surface area contributed by atoms with E-state index in [9.17, 15) is 14.4 Å². The highest BCUT2D eigenvalue weighted by Gasteiger charge is 2.20. The van der Waals surface area contributed by atoms with Crippen LogP contribution in [0.2, 0.25) is 0 Å². The van der Waals surface area contributed by atoms with Crippen LogP contribution in [0.25, 0.3) is 0 Å². The molecule has 27 heavy (non-hydrogen) atoms. The lowest BCUT2D eigenvalue weighted by atomic mass is 10.2. The zero-order valence-corrected chi connectivity index (χ0v) is 16.9. The summed E-state index contributed by atoms with van der Waals surface area (Å²) in [4.78, 5) is 41.4. The number of aromatic nitrogens is 1. The van der Waals surface area contributed by atoms with Gasteiger partial charge in [0.15, 0.2) is 6.61 Å². The molecule has 0 unspecified atom stereocenters. The molecule has 0 bridgehead atoms. The van der Waals surface area contributed by atoms with Crippen molar-refractivity contribution in [2.24, 2.45) is 0 Å². The number of aryl methyl sites for hydroxylation is 1. The monoisotopic (exact) mass is 408 g/mol. The van der Waals surface area contributed by atoms with E-state index in [0.717, 1.165) is 11.3 Å². The van der Waals surface area contributed by atoms with Gasteiger partial charge in [-0.05, 0) is 37.8 Å². The zero-order chi connectivity index (χ0) is 19.8. The molecule has 1 amide bonds. The third-order valence-electron chi connectivity index (χ3n) is 3.40. The number of rotatable bonds is 8. The van der Waals surface area contributed by atoms with E-state index in [0.29, 0.717) is 21.2 Å². The number of thiophene rings is 1. The van der Waals surface area contributed by atoms with Crippen LogP contribution in [0, 0.1) is 0 Å². The molecule has 0 aliphatic rings. The Hall–Kier alpha value is -2.39. The van der Waals surface area contributed by atoms with Crippen molar-refractivity contribution >= 4 is 45.9 Å². The Morgan fingerprint density at radius 2 is 1.93 bits per heavy atom. The molecule has 0 aliphatic heterocycles. The predicted molar refractivity (Wildman–Crippen MR) is 105 cm³/mol. The zero-order valence-electron chi connectivity index (χ0n) is 15.2. The van der Waals surface area contributed by atoms with Gasteiger partial charge in [-0.1, -0.05) is 6.92 Å². The summed E-state index contributed by atoms with van der Waals surface area (Å²) >= 11 is 2.61. The minimum absolute atomic E-state index is 0.240. The van der Waals surface area contributed by atoms with Crippen molar-refractivity contribution in [3.8, 4) is 0 Å². The van der Waals surface area contributed by atoms with E-state index in [1.54, 1.807) is 37.6 Å². The lowest BCUT2D eigenvalue weighted by Gasteiger charge is -2.08. The number of carbonyl (C=O) groups is 3. The van der Waals surface area contributed by atoms with Crippen LogP contribution in [0.15, 0.2) is 29.4 Å². The van der Waals surface area contributed by atoms with Crippen molar-refractivity contribution in [1.82, 2.24) is 4.98 Å². The van der Waals surface area contributed by atoms with Crippen molar-refractivity contribution < 1.29 is 23.9 Å². The second-order valence-electron chi connectivity index (χ2n) is 5.21. The van der Waals surface area contributed by atoms with Gasteiger partial charge in [-0.25, -0.2) is 14.6 Å². The summed E-state index contributed by atoms with van der Waals surface area (Å²) in [5.41, 5.74) is 0.602. The summed E-state index contributed by atoms with van der Waals surface area (Å²) in [5.74, 6) is -1.66. The first-order valence-electron chi connectivity index (χ1n) is 8.25. The fourth-order valence-corrected chi connectivity index (χ4v) is 3.69. The molecular formula is C18H20N2O5S2. The minimum atomic E-state index is -0.631. The molecule has 144 valence electrons. The van der Waals surface area contributed by atoms with Crippen molar-refractivity contribution in [2.75, 3.05) is 24.8 Å². The number of nitrogens with one attached hydrogen (secondary N) is 1. The second-order valence-corrected chi connectivity index (χ2v) is 7.15. The molecule has 1 N–H and O–H groups in total. The number of carbonyl (C=O) groups excluding carboxylic acids is 3. The van der Waals surface area contributed by atoms with Crippen LogP contribution >= 0.6 is 23.1 Å². The third kappa shape index (κ3) is 5.54. The van der Waals surface area contributed by atoms with E-state index in [1.807, 2.05) is 6.92 Å². The van der Waals surface area contributed by atoms with Crippen LogP contribution in [0.4, 0.5) is 5.00 Å². The van der Waals surface area contributed by atoms with Gasteiger partial charge in [0.05, 0.1) is 17.7 Å². The molecule has 2 aromatic rings. The Morgan fingerprint density at radius 1 is 1.19 bits per heavy atom. The van der Waals surface area contributed by atoms with Crippen LogP contribution in [0.5, 0.6) is 0 Å². The van der Waals surface area contributed by atoms with Crippen molar-refractivity contribution in [3.63, 3.8) is 0 Å². The van der Waals surface area contributed by atoms with Crippen LogP contribution in [-0.2, 0) is 20.7 Å². The topological polar surface area (TPSA) is 94.6 Å². The maximum absolute atomic E-state index is 12.2. The number of amides is 1. The summed E-state index contributed by atoms with van der Waals surface area (Å²) in [6.45, 7) is 3.43.